The van der Waals surface area contributed by atoms with Crippen molar-refractivity contribution in [3.63, 3.8) is 0 Å². The number of alkyl halides is 3. The highest BCUT2D eigenvalue weighted by molar-refractivity contribution is 5.25. The molecule has 7 heteroatoms. The van der Waals surface area contributed by atoms with Gasteiger partial charge in [0.25, 0.3) is 0 Å². The molecule has 0 aromatic heterocycles. The first kappa shape index (κ1) is 25.1. The molecule has 1 aliphatic carbocycles. The maximum absolute atomic E-state index is 12.1. The molecule has 0 heterocycles. The summed E-state index contributed by atoms with van der Waals surface area (Å²) in [5.41, 5.74) is 23.8. The normalized spacial score (nSPS) is 14.3. The molecule has 1 aliphatic rings. The van der Waals surface area contributed by atoms with Gasteiger partial charge < -0.3 is 22.9 Å². The Morgan fingerprint density at radius 3 is 1.55 bits per heavy atom. The second-order valence-corrected chi connectivity index (χ2v) is 7.03. The van der Waals surface area contributed by atoms with E-state index < -0.39 is 11.7 Å². The molecule has 1 fully saturated rings. The van der Waals surface area contributed by atoms with Crippen LogP contribution in [0.15, 0.2) is 48.5 Å². The van der Waals surface area contributed by atoms with E-state index in [9.17, 15) is 13.2 Å². The Bertz CT molecular complexity index is 658. The fourth-order valence-corrected chi connectivity index (χ4v) is 2.82. The topological polar surface area (TPSA) is 104 Å². The Kier molecular flexibility index (Phi) is 11.5. The van der Waals surface area contributed by atoms with E-state index in [-0.39, 0.29) is 6.54 Å². The Morgan fingerprint density at radius 2 is 1.21 bits per heavy atom. The van der Waals surface area contributed by atoms with Crippen LogP contribution < -0.4 is 22.9 Å². The molecule has 29 heavy (non-hydrogen) atoms. The summed E-state index contributed by atoms with van der Waals surface area (Å²) in [5, 5.41) is 0. The quantitative estimate of drug-likeness (QED) is 0.613. The zero-order valence-electron chi connectivity index (χ0n) is 16.8. The van der Waals surface area contributed by atoms with Crippen molar-refractivity contribution in [1.29, 1.82) is 0 Å². The summed E-state index contributed by atoms with van der Waals surface area (Å²) in [6.07, 6.45) is 2.39. The van der Waals surface area contributed by atoms with Crippen molar-refractivity contribution in [3.8, 4) is 0 Å². The third-order valence-electron chi connectivity index (χ3n) is 4.63. The van der Waals surface area contributed by atoms with E-state index in [1.165, 1.54) is 38.2 Å². The van der Waals surface area contributed by atoms with Crippen LogP contribution in [-0.4, -0.2) is 6.04 Å². The summed E-state index contributed by atoms with van der Waals surface area (Å²) in [7, 11) is 0. The van der Waals surface area contributed by atoms with E-state index in [1.54, 1.807) is 6.07 Å². The summed E-state index contributed by atoms with van der Waals surface area (Å²) in [6, 6.07) is 13.5. The van der Waals surface area contributed by atoms with E-state index in [2.05, 4.69) is 0 Å². The molecule has 2 aromatic rings. The standard InChI is InChI=1S/C8H8F3N.C8H12N2.C6H13N/c9-8(10,11)7-3-1-2-6(4-7)5-12;9-5-7-1-2-8(6-10)4-3-7;7-6-4-2-1-3-5-6/h1-4H,5,12H2;1-4H,5-6,9-10H2;6H,1-5,7H2. The Morgan fingerprint density at radius 1 is 0.724 bits per heavy atom. The maximum Gasteiger partial charge on any atom is 0.416 e. The van der Waals surface area contributed by atoms with Gasteiger partial charge in [-0.1, -0.05) is 61.7 Å². The molecule has 1 saturated carbocycles. The average molecular weight is 411 g/mol. The molecule has 0 aliphatic heterocycles. The van der Waals surface area contributed by atoms with Crippen LogP contribution in [0.4, 0.5) is 13.2 Å². The minimum atomic E-state index is -4.27. The fourth-order valence-electron chi connectivity index (χ4n) is 2.82. The number of hydrogen-bond acceptors (Lipinski definition) is 4. The summed E-state index contributed by atoms with van der Waals surface area (Å²) >= 11 is 0. The molecule has 8 N–H and O–H groups in total. The molecule has 0 spiro atoms. The highest BCUT2D eigenvalue weighted by Crippen LogP contribution is 2.29. The van der Waals surface area contributed by atoms with Crippen LogP contribution >= 0.6 is 0 Å². The van der Waals surface area contributed by atoms with Gasteiger partial charge in [-0.2, -0.15) is 13.2 Å². The van der Waals surface area contributed by atoms with Crippen LogP contribution in [0.5, 0.6) is 0 Å². The molecule has 162 valence electrons. The SMILES string of the molecule is NC1CCCCC1.NCc1ccc(CN)cc1.NCc1cccc(C(F)(F)F)c1. The van der Waals surface area contributed by atoms with Crippen molar-refractivity contribution in [1.82, 2.24) is 0 Å². The van der Waals surface area contributed by atoms with Crippen LogP contribution in [0.1, 0.15) is 54.4 Å². The lowest BCUT2D eigenvalue weighted by Crippen LogP contribution is -2.22. The monoisotopic (exact) mass is 410 g/mol. The molecule has 2 aromatic carbocycles. The van der Waals surface area contributed by atoms with Crippen molar-refractivity contribution in [2.75, 3.05) is 0 Å². The molecular weight excluding hydrogens is 377 g/mol. The Balaban J connectivity index is 0.000000225. The molecular formula is C22H33F3N4. The van der Waals surface area contributed by atoms with Crippen molar-refractivity contribution in [2.24, 2.45) is 22.9 Å². The third-order valence-corrected chi connectivity index (χ3v) is 4.63. The highest BCUT2D eigenvalue weighted by atomic mass is 19.4. The summed E-state index contributed by atoms with van der Waals surface area (Å²) in [5.74, 6) is 0. The van der Waals surface area contributed by atoms with E-state index in [4.69, 9.17) is 22.9 Å². The van der Waals surface area contributed by atoms with Gasteiger partial charge in [-0.25, -0.2) is 0 Å². The zero-order chi connectivity index (χ0) is 21.7. The number of nitrogens with two attached hydrogens (primary N) is 4. The summed E-state index contributed by atoms with van der Waals surface area (Å²) < 4.78 is 36.2. The van der Waals surface area contributed by atoms with E-state index in [0.29, 0.717) is 24.7 Å². The van der Waals surface area contributed by atoms with Gasteiger partial charge in [-0.05, 0) is 35.6 Å². The van der Waals surface area contributed by atoms with Gasteiger partial charge in [0.05, 0.1) is 5.56 Å². The van der Waals surface area contributed by atoms with Gasteiger partial charge in [-0.15, -0.1) is 0 Å². The molecule has 0 radical (unpaired) electrons. The average Bonchev–Trinajstić information content (AvgIpc) is 2.75. The van der Waals surface area contributed by atoms with Crippen LogP contribution in [0.2, 0.25) is 0 Å². The second-order valence-electron chi connectivity index (χ2n) is 7.03. The van der Waals surface area contributed by atoms with Crippen molar-refractivity contribution in [2.45, 2.75) is 64.0 Å². The molecule has 3 rings (SSSR count). The lowest BCUT2D eigenvalue weighted by molar-refractivity contribution is -0.137. The van der Waals surface area contributed by atoms with Crippen LogP contribution in [0.3, 0.4) is 0 Å². The van der Waals surface area contributed by atoms with Crippen molar-refractivity contribution in [3.05, 3.63) is 70.8 Å². The first-order valence-corrected chi connectivity index (χ1v) is 9.89. The zero-order valence-corrected chi connectivity index (χ0v) is 16.8. The summed E-state index contributed by atoms with van der Waals surface area (Å²) in [4.78, 5) is 0. The number of benzene rings is 2. The third kappa shape index (κ3) is 10.4. The minimum absolute atomic E-state index is 0.129. The van der Waals surface area contributed by atoms with Gasteiger partial charge >= 0.3 is 6.18 Å². The van der Waals surface area contributed by atoms with E-state index in [1.807, 2.05) is 24.3 Å². The largest absolute Gasteiger partial charge is 0.416 e. The maximum atomic E-state index is 12.1. The molecule has 0 unspecified atom stereocenters. The molecule has 0 atom stereocenters. The fraction of sp³-hybridized carbons (Fsp3) is 0.455. The smallest absolute Gasteiger partial charge is 0.328 e. The lowest BCUT2D eigenvalue weighted by Gasteiger charge is -2.15. The molecule has 0 bridgehead atoms. The highest BCUT2D eigenvalue weighted by Gasteiger charge is 2.30. The van der Waals surface area contributed by atoms with Crippen molar-refractivity contribution < 1.29 is 13.2 Å². The number of rotatable bonds is 3. The van der Waals surface area contributed by atoms with Crippen LogP contribution in [0, 0.1) is 0 Å². The number of halogens is 3. The Hall–Kier alpha value is -1.93. The molecule has 0 amide bonds. The molecule has 0 saturated heterocycles. The Labute approximate surface area is 171 Å². The predicted octanol–water partition coefficient (Wildman–Crippen LogP) is 4.05. The summed E-state index contributed by atoms with van der Waals surface area (Å²) in [6.45, 7) is 1.33. The minimum Gasteiger partial charge on any atom is -0.328 e. The van der Waals surface area contributed by atoms with Gasteiger partial charge in [-0.3, -0.25) is 0 Å². The van der Waals surface area contributed by atoms with Crippen LogP contribution in [-0.2, 0) is 25.8 Å². The number of hydrogen-bond donors (Lipinski definition) is 4. The lowest BCUT2D eigenvalue weighted by atomic mass is 9.97. The first-order valence-electron chi connectivity index (χ1n) is 9.89. The first-order chi connectivity index (χ1) is 13.8. The van der Waals surface area contributed by atoms with Gasteiger partial charge in [0, 0.05) is 25.7 Å². The van der Waals surface area contributed by atoms with Crippen molar-refractivity contribution >= 4 is 0 Å². The van der Waals surface area contributed by atoms with Gasteiger partial charge in [0.1, 0.15) is 0 Å². The predicted molar refractivity (Wildman–Crippen MR) is 113 cm³/mol. The molecule has 4 nitrogen and oxygen atoms in total. The van der Waals surface area contributed by atoms with Gasteiger partial charge in [0.2, 0.25) is 0 Å². The van der Waals surface area contributed by atoms with E-state index >= 15 is 0 Å². The second kappa shape index (κ2) is 13.3. The van der Waals surface area contributed by atoms with E-state index in [0.717, 1.165) is 23.3 Å². The van der Waals surface area contributed by atoms with Crippen LogP contribution in [0.25, 0.3) is 0 Å². The van der Waals surface area contributed by atoms with Gasteiger partial charge in [0.15, 0.2) is 0 Å².